The highest BCUT2D eigenvalue weighted by atomic mass is 16.6. The zero-order chi connectivity index (χ0) is 16.2. The molecule has 1 rings (SSSR count). The Balaban J connectivity index is 3.80. The van der Waals surface area contributed by atoms with Gasteiger partial charge in [0.1, 0.15) is 11.4 Å². The minimum absolute atomic E-state index is 0.00403. The third-order valence-corrected chi connectivity index (χ3v) is 2.72. The summed E-state index contributed by atoms with van der Waals surface area (Å²) in [5.74, 6) is -0.423. The van der Waals surface area contributed by atoms with Crippen LogP contribution in [0.4, 0.5) is 11.4 Å². The van der Waals surface area contributed by atoms with E-state index in [1.165, 1.54) is 6.92 Å². The summed E-state index contributed by atoms with van der Waals surface area (Å²) < 4.78 is 15.1. The number of aromatic hydroxyl groups is 1. The molecule has 6 nitrogen and oxygen atoms in total. The van der Waals surface area contributed by atoms with E-state index in [4.69, 9.17) is 2.84 Å². The SMILES string of the molecule is [2H]Oc1c(C(C)=O)cc([N+](=O)[O-])c(N([2H])CC)c1CCC. The number of nitrogens with one attached hydrogen (secondary N) is 1. The maximum atomic E-state index is 11.7. The molecule has 1 aromatic rings. The van der Waals surface area contributed by atoms with Gasteiger partial charge in [-0.1, -0.05) is 13.3 Å². The number of carbonyl (C=O) groups is 1. The number of benzene rings is 1. The number of hydrogen-bond donors (Lipinski definition) is 2. The molecule has 0 atom stereocenters. The van der Waals surface area contributed by atoms with E-state index in [-0.39, 0.29) is 29.2 Å². The first-order valence-corrected chi connectivity index (χ1v) is 6.13. The van der Waals surface area contributed by atoms with Gasteiger partial charge >= 0.3 is 0 Å². The molecule has 1 aromatic carbocycles. The first-order chi connectivity index (χ1) is 9.88. The van der Waals surface area contributed by atoms with Crippen molar-refractivity contribution < 1.29 is 16.2 Å². The summed E-state index contributed by atoms with van der Waals surface area (Å²) in [6.07, 6.45) is 1.01. The van der Waals surface area contributed by atoms with Gasteiger partial charge in [0.25, 0.3) is 7.12 Å². The number of nitro groups is 1. The fourth-order valence-corrected chi connectivity index (χ4v) is 1.91. The van der Waals surface area contributed by atoms with E-state index < -0.39 is 10.7 Å². The number of phenols is 1. The van der Waals surface area contributed by atoms with Gasteiger partial charge in [-0.3, -0.25) is 14.9 Å². The number of Topliss-reactive ketones (excluding diaryl/α,β-unsaturated/α-hetero) is 1. The van der Waals surface area contributed by atoms with Crippen LogP contribution in [0.2, 0.25) is 1.41 Å². The molecular formula is C13H18N2O4. The number of anilines is 1. The van der Waals surface area contributed by atoms with Crippen LogP contribution in [0.25, 0.3) is 0 Å². The average molecular weight is 268 g/mol. The lowest BCUT2D eigenvalue weighted by atomic mass is 9.98. The molecule has 0 unspecified atom stereocenters. The van der Waals surface area contributed by atoms with Gasteiger partial charge in [0.05, 0.1) is 10.5 Å². The molecule has 0 aromatic heterocycles. The predicted octanol–water partition coefficient (Wildman–Crippen LogP) is 2.89. The Morgan fingerprint density at radius 3 is 2.74 bits per heavy atom. The molecule has 0 aliphatic carbocycles. The third-order valence-electron chi connectivity index (χ3n) is 2.72. The molecule has 0 saturated heterocycles. The predicted molar refractivity (Wildman–Crippen MR) is 72.9 cm³/mol. The van der Waals surface area contributed by atoms with Gasteiger partial charge in [-0.15, -0.1) is 0 Å². The van der Waals surface area contributed by atoms with E-state index in [2.05, 4.69) is 5.11 Å². The molecule has 0 bridgehead atoms. The van der Waals surface area contributed by atoms with Crippen LogP contribution < -0.4 is 5.31 Å². The van der Waals surface area contributed by atoms with Crippen molar-refractivity contribution in [2.75, 3.05) is 11.9 Å². The zero-order valence-electron chi connectivity index (χ0n) is 13.2. The summed E-state index contributed by atoms with van der Waals surface area (Å²) in [5, 5.41) is 16.8. The first-order valence-electron chi connectivity index (χ1n) is 6.99. The summed E-state index contributed by atoms with van der Waals surface area (Å²) in [5.41, 5.74) is 0.107. The maximum absolute atomic E-state index is 11.7. The van der Waals surface area contributed by atoms with Crippen molar-refractivity contribution in [2.45, 2.75) is 33.6 Å². The van der Waals surface area contributed by atoms with Gasteiger partial charge in [0.2, 0.25) is 0 Å². The van der Waals surface area contributed by atoms with Gasteiger partial charge in [0.15, 0.2) is 7.20 Å². The van der Waals surface area contributed by atoms with Crippen LogP contribution in [0, 0.1) is 10.1 Å². The van der Waals surface area contributed by atoms with E-state index in [1.807, 2.05) is 6.92 Å². The Labute approximate surface area is 114 Å². The molecule has 0 saturated carbocycles. The van der Waals surface area contributed by atoms with Crippen molar-refractivity contribution in [1.29, 1.82) is 1.43 Å². The van der Waals surface area contributed by atoms with Crippen molar-refractivity contribution in [1.82, 2.24) is 0 Å². The molecule has 2 N–H and O–H groups in total. The molecule has 0 radical (unpaired) electrons. The fraction of sp³-hybridized carbons (Fsp3) is 0.462. The summed E-state index contributed by atoms with van der Waals surface area (Å²) in [6.45, 7) is 5.04. The van der Waals surface area contributed by atoms with Crippen molar-refractivity contribution in [3.63, 3.8) is 0 Å². The van der Waals surface area contributed by atoms with Crippen LogP contribution in [0.5, 0.6) is 5.75 Å². The highest BCUT2D eigenvalue weighted by Crippen LogP contribution is 2.38. The number of phenolic OH excluding ortho intramolecular Hbond substituents is 1. The van der Waals surface area contributed by atoms with E-state index >= 15 is 0 Å². The highest BCUT2D eigenvalue weighted by Gasteiger charge is 2.25. The van der Waals surface area contributed by atoms with Crippen LogP contribution in [-0.4, -0.2) is 23.8 Å². The molecule has 19 heavy (non-hydrogen) atoms. The molecular weight excluding hydrogens is 248 g/mol. The summed E-state index contributed by atoms with van der Waals surface area (Å²) in [4.78, 5) is 22.3. The van der Waals surface area contributed by atoms with Gasteiger partial charge in [0, 0.05) is 18.2 Å². The molecule has 0 aliphatic rings. The number of nitro benzene ring substituents is 1. The minimum Gasteiger partial charge on any atom is -0.507 e. The highest BCUT2D eigenvalue weighted by molar-refractivity contribution is 5.99. The first kappa shape index (κ1) is 12.0. The van der Waals surface area contributed by atoms with Gasteiger partial charge in [-0.05, 0) is 20.3 Å². The number of nitrogens with zero attached hydrogens (tertiary/aromatic N) is 1. The van der Waals surface area contributed by atoms with E-state index in [0.717, 1.165) is 11.4 Å². The molecule has 0 heterocycles. The average Bonchev–Trinajstić information content (AvgIpc) is 2.45. The minimum atomic E-state index is -0.619. The van der Waals surface area contributed by atoms with Gasteiger partial charge in [-0.2, -0.15) is 0 Å². The van der Waals surface area contributed by atoms with Gasteiger partial charge in [-0.25, -0.2) is 0 Å². The molecule has 0 amide bonds. The summed E-state index contributed by atoms with van der Waals surface area (Å²) in [6, 6.07) is 1.08. The largest absolute Gasteiger partial charge is 0.507 e. The quantitative estimate of drug-likeness (QED) is 0.450. The summed E-state index contributed by atoms with van der Waals surface area (Å²) in [7, 11) is 0. The lowest BCUT2D eigenvalue weighted by Crippen LogP contribution is -2.08. The number of carbonyl (C=O) groups excluding carboxylic acids is 1. The van der Waals surface area contributed by atoms with E-state index in [0.29, 0.717) is 18.4 Å². The Kier molecular flexibility index (Phi) is 3.88. The third kappa shape index (κ3) is 3.01. The second-order valence-electron chi connectivity index (χ2n) is 4.14. The smallest absolute Gasteiger partial charge is 0.293 e. The van der Waals surface area contributed by atoms with Crippen molar-refractivity contribution in [3.05, 3.63) is 27.3 Å². The molecule has 0 aliphatic heterocycles. The zero-order valence-corrected chi connectivity index (χ0v) is 11.2. The molecule has 104 valence electrons. The lowest BCUT2D eigenvalue weighted by Gasteiger charge is -2.14. The maximum Gasteiger partial charge on any atom is 0.293 e. The normalized spacial score (nSPS) is 11.5. The van der Waals surface area contributed by atoms with Crippen LogP contribution in [-0.2, 0) is 6.42 Å². The van der Waals surface area contributed by atoms with Crippen LogP contribution >= 0.6 is 0 Å². The van der Waals surface area contributed by atoms with Crippen LogP contribution in [0.1, 0.15) is 43.1 Å². The number of hydrogen-bond acceptors (Lipinski definition) is 5. The van der Waals surface area contributed by atoms with Crippen molar-refractivity contribution in [2.24, 2.45) is 0 Å². The summed E-state index contributed by atoms with van der Waals surface area (Å²) >= 11 is 0. The van der Waals surface area contributed by atoms with E-state index in [1.54, 1.807) is 6.92 Å². The number of rotatable bonds is 7. The van der Waals surface area contributed by atoms with E-state index in [9.17, 15) is 14.9 Å². The van der Waals surface area contributed by atoms with Crippen LogP contribution in [0.15, 0.2) is 6.07 Å². The Hall–Kier alpha value is -2.11. The molecule has 0 spiro atoms. The molecule has 6 heteroatoms. The monoisotopic (exact) mass is 268 g/mol. The fourth-order valence-electron chi connectivity index (χ4n) is 1.91. The lowest BCUT2D eigenvalue weighted by molar-refractivity contribution is -0.384. The van der Waals surface area contributed by atoms with Crippen LogP contribution in [0.3, 0.4) is 0 Å². The number of ketones is 1. The Morgan fingerprint density at radius 1 is 1.63 bits per heavy atom. The Bertz CT molecular complexity index is 564. The van der Waals surface area contributed by atoms with Gasteiger partial charge < -0.3 is 10.4 Å². The molecule has 0 fully saturated rings. The second kappa shape index (κ2) is 6.17. The second-order valence-corrected chi connectivity index (χ2v) is 4.14. The Morgan fingerprint density at radius 2 is 2.32 bits per heavy atom. The topological polar surface area (TPSA) is 92.5 Å². The van der Waals surface area contributed by atoms with Crippen molar-refractivity contribution in [3.8, 4) is 5.75 Å². The standard InChI is InChI=1S/C13H18N2O4/c1-4-6-9-12(14-5-2)11(15(18)19)7-10(8(3)16)13(9)17/h7,14,17H,4-6H2,1-3H3/i/hD2. The van der Waals surface area contributed by atoms with Crippen molar-refractivity contribution >= 4 is 17.2 Å².